The number of Topliss-reactive ketones (excluding diaryl/α,β-unsaturated/α-hetero) is 3. The minimum absolute atomic E-state index is 0.0494. The summed E-state index contributed by atoms with van der Waals surface area (Å²) in [6.07, 6.45) is 22.5. The van der Waals surface area contributed by atoms with Gasteiger partial charge in [-0.1, -0.05) is 136 Å². The first kappa shape index (κ1) is 60.6. The molecular weight excluding hydrogens is 967 g/mol. The van der Waals surface area contributed by atoms with Crippen LogP contribution >= 0.6 is 0 Å². The molecule has 424 valence electrons. The van der Waals surface area contributed by atoms with Gasteiger partial charge in [0.2, 0.25) is 0 Å². The Morgan fingerprint density at radius 3 is 1.59 bits per heavy atom. The van der Waals surface area contributed by atoms with Crippen molar-refractivity contribution in [3.63, 3.8) is 0 Å². The van der Waals surface area contributed by atoms with Gasteiger partial charge in [0.15, 0.2) is 5.78 Å². The number of likely N-dealkylation sites (tertiary alicyclic amines) is 1. The molecule has 8 nitrogen and oxygen atoms in total. The largest absolute Gasteiger partial charge is 0.490 e. The van der Waals surface area contributed by atoms with E-state index in [1.54, 1.807) is 19.1 Å². The Balaban J connectivity index is 0.000000220. The lowest BCUT2D eigenvalue weighted by molar-refractivity contribution is -0.125. The summed E-state index contributed by atoms with van der Waals surface area (Å²) in [5.41, 5.74) is 8.36. The van der Waals surface area contributed by atoms with Gasteiger partial charge < -0.3 is 14.6 Å². The van der Waals surface area contributed by atoms with Crippen molar-refractivity contribution >= 4 is 23.3 Å². The number of carboxylic acid groups (broad SMARTS) is 1. The standard InChI is InChI=1S/C36H50O4.C32H41NO3.C2H6/c1-5-19-36(7-3,20-6-2)24-25(4)33(37)22-26-15-17-29(21-26)40-34-18-16-28(35(38)39)23-32(34)31-14-9-8-13-30(31)27-11-10-12-27;1-21(34)24-13-15-31(28(18-24)27-11-6-5-10-26(27)23-8-7-9-23)36-25-14-12-22(16-25)17-30(35)29-19-32(2,3)20-33(29)4;1-2/h8-9,13-14,16,18,23,25-27,29H,5-7,10-12,15,17,19-22,24H2,1-4H3,(H,38,39);5-6,10-11,13,15,18,22-23,25,29H,7-9,12,14,16-17,19-20H2,1-4H3;1-2H3/t25-,26+,29+;22-,25-,29+;/m01./s1. The van der Waals surface area contributed by atoms with Crippen LogP contribution in [0.1, 0.15) is 241 Å². The molecule has 6 atom stereocenters. The first-order chi connectivity index (χ1) is 37.5. The van der Waals surface area contributed by atoms with Crippen LogP contribution in [0, 0.1) is 28.6 Å². The second-order valence-electron chi connectivity index (χ2n) is 25.2. The van der Waals surface area contributed by atoms with Crippen molar-refractivity contribution < 1.29 is 33.8 Å². The van der Waals surface area contributed by atoms with Crippen LogP contribution in [0.4, 0.5) is 0 Å². The monoisotopic (exact) mass is 1060 g/mol. The minimum Gasteiger partial charge on any atom is -0.490 e. The molecule has 8 heteroatoms. The Labute approximate surface area is 470 Å². The van der Waals surface area contributed by atoms with E-state index in [-0.39, 0.29) is 40.9 Å². The second-order valence-corrected chi connectivity index (χ2v) is 25.2. The van der Waals surface area contributed by atoms with Gasteiger partial charge in [-0.2, -0.15) is 0 Å². The average molecular weight is 1060 g/mol. The summed E-state index contributed by atoms with van der Waals surface area (Å²) in [5.74, 6) is 3.56. The molecule has 9 rings (SSSR count). The zero-order valence-electron chi connectivity index (χ0n) is 49.6. The molecule has 0 bridgehead atoms. The van der Waals surface area contributed by atoms with Crippen LogP contribution in [0.25, 0.3) is 22.3 Å². The van der Waals surface area contributed by atoms with Gasteiger partial charge in [0, 0.05) is 42.0 Å². The van der Waals surface area contributed by atoms with Gasteiger partial charge in [-0.15, -0.1) is 0 Å². The van der Waals surface area contributed by atoms with Gasteiger partial charge in [0.1, 0.15) is 23.1 Å². The fourth-order valence-electron chi connectivity index (χ4n) is 14.1. The number of benzene rings is 4. The summed E-state index contributed by atoms with van der Waals surface area (Å²) in [5, 5.41) is 9.70. The van der Waals surface area contributed by atoms with Crippen molar-refractivity contribution in [3.05, 3.63) is 107 Å². The number of carbonyl (C=O) groups is 4. The SMILES string of the molecule is CC.CC(=O)c1ccc(O[C@@H]2CC[C@@H](CC(=O)[C@@H]3CC(C)(C)CN3C)C2)c(-c2ccccc2C2CCC2)c1.CCCC(CC)(CCC)C[C@H](C)C(=O)C[C@@H]1CC[C@@H](Oc2ccc(C(=O)O)cc2-c2ccccc2C2CCC2)C1. The highest BCUT2D eigenvalue weighted by atomic mass is 16.5. The third-order valence-corrected chi connectivity index (χ3v) is 18.7. The Bertz CT molecular complexity index is 2630. The lowest BCUT2D eigenvalue weighted by atomic mass is 9.70. The van der Waals surface area contributed by atoms with E-state index in [2.05, 4.69) is 96.0 Å². The predicted octanol–water partition coefficient (Wildman–Crippen LogP) is 17.9. The van der Waals surface area contributed by atoms with Crippen LogP contribution in [0.5, 0.6) is 11.5 Å². The number of carboxylic acids is 1. The van der Waals surface area contributed by atoms with Gasteiger partial charge >= 0.3 is 5.97 Å². The van der Waals surface area contributed by atoms with Crippen LogP contribution < -0.4 is 9.47 Å². The van der Waals surface area contributed by atoms with E-state index in [1.165, 1.54) is 80.9 Å². The van der Waals surface area contributed by atoms with Crippen molar-refractivity contribution in [2.24, 2.45) is 28.6 Å². The topological polar surface area (TPSA) is 110 Å². The highest BCUT2D eigenvalue weighted by Gasteiger charge is 2.41. The molecule has 78 heavy (non-hydrogen) atoms. The van der Waals surface area contributed by atoms with Gasteiger partial charge in [-0.25, -0.2) is 4.79 Å². The third-order valence-electron chi connectivity index (χ3n) is 18.7. The number of hydrogen-bond donors (Lipinski definition) is 1. The molecule has 4 saturated carbocycles. The molecule has 1 saturated heterocycles. The molecule has 0 aromatic heterocycles. The molecule has 0 spiro atoms. The summed E-state index contributed by atoms with van der Waals surface area (Å²) in [6, 6.07) is 28.2. The van der Waals surface area contributed by atoms with E-state index in [4.69, 9.17) is 9.47 Å². The zero-order valence-corrected chi connectivity index (χ0v) is 49.6. The molecule has 5 aliphatic rings. The normalized spacial score (nSPS) is 22.5. The van der Waals surface area contributed by atoms with Crippen molar-refractivity contribution in [1.82, 2.24) is 4.90 Å². The summed E-state index contributed by atoms with van der Waals surface area (Å²) < 4.78 is 13.3. The molecule has 4 aromatic carbocycles. The van der Waals surface area contributed by atoms with Crippen LogP contribution in [0.2, 0.25) is 0 Å². The summed E-state index contributed by atoms with van der Waals surface area (Å²) in [4.78, 5) is 52.8. The first-order valence-corrected chi connectivity index (χ1v) is 30.8. The second kappa shape index (κ2) is 27.9. The Hall–Kier alpha value is -5.08. The van der Waals surface area contributed by atoms with Gasteiger partial charge in [0.25, 0.3) is 0 Å². The highest BCUT2D eigenvalue weighted by molar-refractivity contribution is 5.96. The lowest BCUT2D eigenvalue weighted by Gasteiger charge is -2.35. The Morgan fingerprint density at radius 1 is 0.667 bits per heavy atom. The zero-order chi connectivity index (χ0) is 56.1. The number of hydrogen-bond acceptors (Lipinski definition) is 7. The molecule has 4 aromatic rings. The van der Waals surface area contributed by atoms with E-state index in [1.807, 2.05) is 44.2 Å². The molecular formula is C70H97NO7. The number of carbonyl (C=O) groups excluding carboxylic acids is 3. The maximum Gasteiger partial charge on any atom is 0.335 e. The third kappa shape index (κ3) is 15.2. The Morgan fingerprint density at radius 2 is 1.15 bits per heavy atom. The maximum absolute atomic E-state index is 13.3. The number of nitrogens with zero attached hydrogens (tertiary/aromatic N) is 1. The van der Waals surface area contributed by atoms with Crippen molar-refractivity contribution in [2.75, 3.05) is 13.6 Å². The summed E-state index contributed by atoms with van der Waals surface area (Å²) >= 11 is 0. The minimum atomic E-state index is -0.924. The quantitative estimate of drug-likeness (QED) is 0.0732. The molecule has 1 aliphatic heterocycles. The van der Waals surface area contributed by atoms with E-state index in [9.17, 15) is 24.3 Å². The van der Waals surface area contributed by atoms with E-state index in [0.29, 0.717) is 53.5 Å². The summed E-state index contributed by atoms with van der Waals surface area (Å²) in [6.45, 7) is 20.1. The number of likely N-dealkylation sites (N-methyl/N-ethyl adjacent to an activating group) is 1. The first-order valence-electron chi connectivity index (χ1n) is 30.8. The van der Waals surface area contributed by atoms with Crippen molar-refractivity contribution in [3.8, 4) is 33.8 Å². The van der Waals surface area contributed by atoms with Crippen LogP contribution in [0.15, 0.2) is 84.9 Å². The molecule has 0 radical (unpaired) electrons. The van der Waals surface area contributed by atoms with E-state index in [0.717, 1.165) is 98.1 Å². The van der Waals surface area contributed by atoms with Crippen LogP contribution in [-0.2, 0) is 9.59 Å². The highest BCUT2D eigenvalue weighted by Crippen LogP contribution is 2.47. The number of ketones is 3. The van der Waals surface area contributed by atoms with E-state index < -0.39 is 5.97 Å². The van der Waals surface area contributed by atoms with Crippen LogP contribution in [0.3, 0.4) is 0 Å². The molecule has 4 aliphatic carbocycles. The van der Waals surface area contributed by atoms with Crippen molar-refractivity contribution in [1.29, 1.82) is 0 Å². The van der Waals surface area contributed by atoms with Gasteiger partial charge in [-0.05, 0) is 197 Å². The van der Waals surface area contributed by atoms with Gasteiger partial charge in [-0.3, -0.25) is 19.3 Å². The number of aromatic carboxylic acids is 1. The predicted molar refractivity (Wildman–Crippen MR) is 319 cm³/mol. The Kier molecular flexibility index (Phi) is 21.6. The molecule has 0 unspecified atom stereocenters. The molecule has 5 fully saturated rings. The molecule has 1 N–H and O–H groups in total. The average Bonchev–Trinajstić information content (AvgIpc) is 4.14. The molecule has 0 amide bonds. The fourth-order valence-corrected chi connectivity index (χ4v) is 14.1. The van der Waals surface area contributed by atoms with Crippen molar-refractivity contribution in [2.45, 2.75) is 227 Å². The smallest absolute Gasteiger partial charge is 0.335 e. The fraction of sp³-hybridized carbons (Fsp3) is 0.600. The molecule has 1 heterocycles. The maximum atomic E-state index is 13.3. The lowest BCUT2D eigenvalue weighted by Crippen LogP contribution is -2.33. The number of rotatable bonds is 23. The van der Waals surface area contributed by atoms with E-state index >= 15 is 0 Å². The van der Waals surface area contributed by atoms with Crippen LogP contribution in [-0.4, -0.2) is 65.2 Å². The van der Waals surface area contributed by atoms with Gasteiger partial charge in [0.05, 0.1) is 23.8 Å². The number of ether oxygens (including phenoxy) is 2. The summed E-state index contributed by atoms with van der Waals surface area (Å²) in [7, 11) is 2.09.